The second kappa shape index (κ2) is 6.85. The summed E-state index contributed by atoms with van der Waals surface area (Å²) in [7, 11) is 0. The molecule has 1 heterocycles. The second-order valence-electron chi connectivity index (χ2n) is 7.48. The summed E-state index contributed by atoms with van der Waals surface area (Å²) in [5.74, 6) is 2.69. The van der Waals surface area contributed by atoms with Crippen molar-refractivity contribution in [2.45, 2.75) is 58.5 Å². The first-order valence-electron chi connectivity index (χ1n) is 8.87. The van der Waals surface area contributed by atoms with Crippen molar-refractivity contribution in [3.63, 3.8) is 0 Å². The number of ether oxygens (including phenoxy) is 1. The van der Waals surface area contributed by atoms with Crippen LogP contribution in [0.15, 0.2) is 30.3 Å². The predicted molar refractivity (Wildman–Crippen MR) is 88.4 cm³/mol. The molecule has 2 aliphatic rings. The maximum Gasteiger partial charge on any atom is 0.306 e. The Bertz CT molecular complexity index is 496. The molecule has 1 aromatic rings. The highest BCUT2D eigenvalue weighted by Gasteiger charge is 2.47. The lowest BCUT2D eigenvalue weighted by molar-refractivity contribution is -0.141. The maximum absolute atomic E-state index is 11.5. The SMILES string of the molecule is C[C@H](CCc1ccccc1)CC[C@@H]1[C@H]2CC(=O)O[C@H]2C[C@H]1C. The monoisotopic (exact) mass is 300 g/mol. The van der Waals surface area contributed by atoms with Gasteiger partial charge in [-0.1, -0.05) is 50.6 Å². The number of hydrogen-bond donors (Lipinski definition) is 0. The normalized spacial score (nSPS) is 31.8. The largest absolute Gasteiger partial charge is 0.462 e. The van der Waals surface area contributed by atoms with Crippen LogP contribution in [0.5, 0.6) is 0 Å². The van der Waals surface area contributed by atoms with Gasteiger partial charge in [0.15, 0.2) is 0 Å². The van der Waals surface area contributed by atoms with E-state index in [1.807, 2.05) is 0 Å². The van der Waals surface area contributed by atoms with E-state index in [1.165, 1.54) is 31.2 Å². The van der Waals surface area contributed by atoms with Crippen molar-refractivity contribution in [3.8, 4) is 0 Å². The molecule has 3 rings (SSSR count). The Morgan fingerprint density at radius 3 is 2.77 bits per heavy atom. The van der Waals surface area contributed by atoms with Crippen LogP contribution in [0.2, 0.25) is 0 Å². The third-order valence-electron chi connectivity index (χ3n) is 5.81. The Morgan fingerprint density at radius 1 is 1.23 bits per heavy atom. The zero-order valence-electron chi connectivity index (χ0n) is 13.8. The molecule has 0 unspecified atom stereocenters. The molecule has 1 aromatic carbocycles. The molecular formula is C20H28O2. The minimum atomic E-state index is 0.0315. The summed E-state index contributed by atoms with van der Waals surface area (Å²) in [4.78, 5) is 11.5. The fourth-order valence-corrected chi connectivity index (χ4v) is 4.42. The molecule has 0 N–H and O–H groups in total. The quantitative estimate of drug-likeness (QED) is 0.716. The minimum Gasteiger partial charge on any atom is -0.462 e. The molecule has 1 saturated heterocycles. The van der Waals surface area contributed by atoms with Crippen LogP contribution in [-0.4, -0.2) is 12.1 Å². The van der Waals surface area contributed by atoms with E-state index in [9.17, 15) is 4.79 Å². The van der Waals surface area contributed by atoms with Crippen LogP contribution in [0, 0.1) is 23.7 Å². The lowest BCUT2D eigenvalue weighted by Gasteiger charge is -2.22. The molecule has 120 valence electrons. The molecule has 0 bridgehead atoms. The zero-order chi connectivity index (χ0) is 15.5. The molecular weight excluding hydrogens is 272 g/mol. The highest BCUT2D eigenvalue weighted by Crippen LogP contribution is 2.47. The average molecular weight is 300 g/mol. The van der Waals surface area contributed by atoms with Crippen LogP contribution in [-0.2, 0) is 16.0 Å². The fourth-order valence-electron chi connectivity index (χ4n) is 4.42. The minimum absolute atomic E-state index is 0.0315. The van der Waals surface area contributed by atoms with E-state index < -0.39 is 0 Å². The third kappa shape index (κ3) is 3.53. The Hall–Kier alpha value is -1.31. The van der Waals surface area contributed by atoms with Gasteiger partial charge in [0.25, 0.3) is 0 Å². The number of benzene rings is 1. The van der Waals surface area contributed by atoms with Crippen molar-refractivity contribution in [2.24, 2.45) is 23.7 Å². The average Bonchev–Trinajstić information content (AvgIpc) is 2.99. The van der Waals surface area contributed by atoms with E-state index in [0.717, 1.165) is 12.3 Å². The molecule has 2 fully saturated rings. The van der Waals surface area contributed by atoms with E-state index in [1.54, 1.807) is 0 Å². The van der Waals surface area contributed by atoms with Crippen molar-refractivity contribution in [3.05, 3.63) is 35.9 Å². The number of carbonyl (C=O) groups excluding carboxylic acids is 1. The summed E-state index contributed by atoms with van der Waals surface area (Å²) < 4.78 is 5.46. The van der Waals surface area contributed by atoms with Gasteiger partial charge in [-0.2, -0.15) is 0 Å². The molecule has 0 amide bonds. The zero-order valence-corrected chi connectivity index (χ0v) is 13.8. The van der Waals surface area contributed by atoms with Gasteiger partial charge in [0.1, 0.15) is 6.10 Å². The van der Waals surface area contributed by atoms with Gasteiger partial charge in [-0.25, -0.2) is 0 Å². The van der Waals surface area contributed by atoms with Gasteiger partial charge < -0.3 is 4.74 Å². The Balaban J connectivity index is 1.44. The highest BCUT2D eigenvalue weighted by molar-refractivity contribution is 5.72. The van der Waals surface area contributed by atoms with Crippen LogP contribution < -0.4 is 0 Å². The molecule has 0 spiro atoms. The topological polar surface area (TPSA) is 26.3 Å². The van der Waals surface area contributed by atoms with Gasteiger partial charge >= 0.3 is 5.97 Å². The van der Waals surface area contributed by atoms with Crippen LogP contribution in [0.4, 0.5) is 0 Å². The van der Waals surface area contributed by atoms with E-state index in [0.29, 0.717) is 24.2 Å². The van der Waals surface area contributed by atoms with Crippen LogP contribution in [0.1, 0.15) is 51.5 Å². The lowest BCUT2D eigenvalue weighted by atomic mass is 9.82. The van der Waals surface area contributed by atoms with Crippen LogP contribution >= 0.6 is 0 Å². The Kier molecular flexibility index (Phi) is 4.85. The molecule has 1 saturated carbocycles. The third-order valence-corrected chi connectivity index (χ3v) is 5.81. The fraction of sp³-hybridized carbons (Fsp3) is 0.650. The Labute approximate surface area is 134 Å². The standard InChI is InChI=1S/C20H28O2/c1-14(8-10-16-6-4-3-5-7-16)9-11-17-15(2)12-19-18(17)13-20(21)22-19/h3-7,14-15,17-19H,8-13H2,1-2H3/t14-,15-,17+,18-,19+/m1/s1. The van der Waals surface area contributed by atoms with Crippen molar-refractivity contribution < 1.29 is 9.53 Å². The second-order valence-corrected chi connectivity index (χ2v) is 7.48. The Morgan fingerprint density at radius 2 is 2.00 bits per heavy atom. The van der Waals surface area contributed by atoms with E-state index in [2.05, 4.69) is 44.2 Å². The molecule has 5 atom stereocenters. The van der Waals surface area contributed by atoms with Crippen molar-refractivity contribution in [2.75, 3.05) is 0 Å². The number of hydrogen-bond acceptors (Lipinski definition) is 2. The first-order chi connectivity index (χ1) is 10.6. The summed E-state index contributed by atoms with van der Waals surface area (Å²) in [6.07, 6.45) is 6.95. The first kappa shape index (κ1) is 15.6. The van der Waals surface area contributed by atoms with Gasteiger partial charge in [0, 0.05) is 5.92 Å². The molecule has 1 aliphatic heterocycles. The van der Waals surface area contributed by atoms with Gasteiger partial charge in [-0.05, 0) is 49.0 Å². The molecule has 0 radical (unpaired) electrons. The molecule has 1 aliphatic carbocycles. The number of esters is 1. The van der Waals surface area contributed by atoms with E-state index >= 15 is 0 Å². The molecule has 0 aromatic heterocycles. The van der Waals surface area contributed by atoms with E-state index in [4.69, 9.17) is 4.74 Å². The van der Waals surface area contributed by atoms with Crippen molar-refractivity contribution in [1.82, 2.24) is 0 Å². The number of rotatable bonds is 6. The van der Waals surface area contributed by atoms with Gasteiger partial charge in [-0.15, -0.1) is 0 Å². The first-order valence-corrected chi connectivity index (χ1v) is 8.87. The number of carbonyl (C=O) groups is 1. The highest BCUT2D eigenvalue weighted by atomic mass is 16.6. The van der Waals surface area contributed by atoms with Gasteiger partial charge in [0.05, 0.1) is 6.42 Å². The van der Waals surface area contributed by atoms with Crippen LogP contribution in [0.25, 0.3) is 0 Å². The summed E-state index contributed by atoms with van der Waals surface area (Å²) >= 11 is 0. The molecule has 2 heteroatoms. The smallest absolute Gasteiger partial charge is 0.306 e. The molecule has 2 nitrogen and oxygen atoms in total. The summed E-state index contributed by atoms with van der Waals surface area (Å²) in [6.45, 7) is 4.71. The number of fused-ring (bicyclic) bond motifs is 1. The summed E-state index contributed by atoms with van der Waals surface area (Å²) in [6, 6.07) is 10.8. The molecule has 22 heavy (non-hydrogen) atoms. The predicted octanol–water partition coefficient (Wildman–Crippen LogP) is 4.62. The summed E-state index contributed by atoms with van der Waals surface area (Å²) in [5.41, 5.74) is 1.44. The summed E-state index contributed by atoms with van der Waals surface area (Å²) in [5, 5.41) is 0. The number of aryl methyl sites for hydroxylation is 1. The van der Waals surface area contributed by atoms with Crippen LogP contribution in [0.3, 0.4) is 0 Å². The van der Waals surface area contributed by atoms with Crippen molar-refractivity contribution in [1.29, 1.82) is 0 Å². The van der Waals surface area contributed by atoms with Crippen molar-refractivity contribution >= 4 is 5.97 Å². The van der Waals surface area contributed by atoms with Gasteiger partial charge in [-0.3, -0.25) is 4.79 Å². The van der Waals surface area contributed by atoms with E-state index in [-0.39, 0.29) is 12.1 Å². The van der Waals surface area contributed by atoms with Gasteiger partial charge in [0.2, 0.25) is 0 Å². The lowest BCUT2D eigenvalue weighted by Crippen LogP contribution is -2.16. The maximum atomic E-state index is 11.5.